The number of carbonyl (C=O) groups is 3. The molecule has 0 spiro atoms. The molecule has 1 atom stereocenters. The van der Waals surface area contributed by atoms with Crippen LogP contribution < -0.4 is 0 Å². The summed E-state index contributed by atoms with van der Waals surface area (Å²) in [6.45, 7) is 6.31. The molecule has 0 aliphatic carbocycles. The van der Waals surface area contributed by atoms with E-state index in [4.69, 9.17) is 39.2 Å². The summed E-state index contributed by atoms with van der Waals surface area (Å²) in [7, 11) is 0. The standard InChI is InChI=1S/C18H23N3O2S.3C2HF3O2/c1-4-21(9-14-2-5-22-11-14)10-15-7-19-8-16(17(1)15)12-23-13-18-20-3-6-24-18;3*3-2(4,5)1(6)7/h3,6-8,14H,1-2,4-5,9-13H2;3*(H,6,7). The maximum Gasteiger partial charge on any atom is 0.490 e. The van der Waals surface area contributed by atoms with Crippen molar-refractivity contribution in [1.82, 2.24) is 14.9 Å². The highest BCUT2D eigenvalue weighted by Crippen LogP contribution is 2.25. The topological polar surface area (TPSA) is 159 Å². The van der Waals surface area contributed by atoms with Crippen molar-refractivity contribution in [2.24, 2.45) is 5.92 Å². The second kappa shape index (κ2) is 17.8. The van der Waals surface area contributed by atoms with E-state index in [-0.39, 0.29) is 0 Å². The lowest BCUT2D eigenvalue weighted by atomic mass is 9.96. The minimum atomic E-state index is -5.08. The smallest absolute Gasteiger partial charge is 0.475 e. The van der Waals surface area contributed by atoms with Gasteiger partial charge in [0.05, 0.1) is 19.8 Å². The molecule has 4 heterocycles. The van der Waals surface area contributed by atoms with E-state index in [2.05, 4.69) is 14.9 Å². The van der Waals surface area contributed by atoms with Crippen molar-refractivity contribution in [2.75, 3.05) is 26.3 Å². The van der Waals surface area contributed by atoms with E-state index in [0.29, 0.717) is 19.1 Å². The molecule has 11 nitrogen and oxygen atoms in total. The zero-order chi connectivity index (χ0) is 34.4. The van der Waals surface area contributed by atoms with Crippen LogP contribution in [0.3, 0.4) is 0 Å². The molecule has 0 amide bonds. The number of alkyl halides is 9. The maximum absolute atomic E-state index is 10.6. The third-order valence-corrected chi connectivity index (χ3v) is 6.30. The maximum atomic E-state index is 10.6. The first-order chi connectivity index (χ1) is 20.7. The predicted molar refractivity (Wildman–Crippen MR) is 134 cm³/mol. The van der Waals surface area contributed by atoms with Crippen molar-refractivity contribution < 1.29 is 78.7 Å². The molecule has 21 heteroatoms. The van der Waals surface area contributed by atoms with E-state index >= 15 is 0 Å². The number of thiazole rings is 1. The number of fused-ring (bicyclic) bond motifs is 1. The van der Waals surface area contributed by atoms with Crippen molar-refractivity contribution in [3.63, 3.8) is 0 Å². The van der Waals surface area contributed by atoms with Crippen molar-refractivity contribution >= 4 is 29.2 Å². The summed E-state index contributed by atoms with van der Waals surface area (Å²) in [5.74, 6) is -7.57. The van der Waals surface area contributed by atoms with Gasteiger partial charge in [0.1, 0.15) is 5.01 Å². The fourth-order valence-corrected chi connectivity index (χ4v) is 4.12. The van der Waals surface area contributed by atoms with Crippen LogP contribution in [0.4, 0.5) is 39.5 Å². The fourth-order valence-electron chi connectivity index (χ4n) is 3.57. The summed E-state index contributed by atoms with van der Waals surface area (Å²) in [6, 6.07) is 0. The Bertz CT molecular complexity index is 1160. The normalized spacial score (nSPS) is 16.5. The van der Waals surface area contributed by atoms with Crippen LogP contribution in [0, 0.1) is 5.92 Å². The molecule has 2 aromatic heterocycles. The van der Waals surface area contributed by atoms with E-state index in [9.17, 15) is 39.5 Å². The van der Waals surface area contributed by atoms with Crippen LogP contribution in [0.2, 0.25) is 0 Å². The average molecular weight is 688 g/mol. The molecule has 0 aromatic carbocycles. The lowest BCUT2D eigenvalue weighted by Crippen LogP contribution is -2.35. The zero-order valence-corrected chi connectivity index (χ0v) is 23.6. The first-order valence-corrected chi connectivity index (χ1v) is 13.2. The lowest BCUT2D eigenvalue weighted by molar-refractivity contribution is -0.193. The number of nitrogens with zero attached hydrogens (tertiary/aromatic N) is 3. The van der Waals surface area contributed by atoms with Crippen molar-refractivity contribution in [3.8, 4) is 0 Å². The van der Waals surface area contributed by atoms with Crippen molar-refractivity contribution in [2.45, 2.75) is 51.1 Å². The number of pyridine rings is 1. The van der Waals surface area contributed by atoms with Gasteiger partial charge in [-0.3, -0.25) is 9.88 Å². The summed E-state index contributed by atoms with van der Waals surface area (Å²) in [6.07, 6.45) is -7.16. The van der Waals surface area contributed by atoms with Gasteiger partial charge in [0.2, 0.25) is 0 Å². The van der Waals surface area contributed by atoms with E-state index < -0.39 is 36.4 Å². The van der Waals surface area contributed by atoms with Crippen LogP contribution in [-0.2, 0) is 50.0 Å². The minimum absolute atomic E-state index is 0.579. The van der Waals surface area contributed by atoms with Crippen molar-refractivity contribution in [3.05, 3.63) is 45.7 Å². The molecule has 2 aromatic rings. The van der Waals surface area contributed by atoms with E-state index in [1.54, 1.807) is 11.3 Å². The summed E-state index contributed by atoms with van der Waals surface area (Å²) in [5, 5.41) is 24.4. The van der Waals surface area contributed by atoms with E-state index in [0.717, 1.165) is 44.3 Å². The van der Waals surface area contributed by atoms with Crippen LogP contribution in [0.5, 0.6) is 0 Å². The summed E-state index contributed by atoms with van der Waals surface area (Å²) < 4.78 is 107. The molecule has 1 saturated heterocycles. The van der Waals surface area contributed by atoms with E-state index in [1.807, 2.05) is 24.0 Å². The van der Waals surface area contributed by atoms with Gasteiger partial charge < -0.3 is 24.8 Å². The first-order valence-electron chi connectivity index (χ1n) is 12.3. The van der Waals surface area contributed by atoms with Gasteiger partial charge in [0.25, 0.3) is 0 Å². The van der Waals surface area contributed by atoms with Gasteiger partial charge in [-0.15, -0.1) is 11.3 Å². The Morgan fingerprint density at radius 3 is 1.93 bits per heavy atom. The molecule has 0 bridgehead atoms. The zero-order valence-electron chi connectivity index (χ0n) is 22.8. The third-order valence-electron chi connectivity index (χ3n) is 5.54. The number of hydrogen-bond donors (Lipinski definition) is 3. The van der Waals surface area contributed by atoms with Gasteiger partial charge in [-0.25, -0.2) is 19.4 Å². The second-order valence-electron chi connectivity index (χ2n) is 8.98. The Kier molecular flexibility index (Phi) is 15.6. The number of rotatable bonds is 6. The highest BCUT2D eigenvalue weighted by Gasteiger charge is 2.39. The van der Waals surface area contributed by atoms with Crippen LogP contribution in [0.15, 0.2) is 24.0 Å². The average Bonchev–Trinajstić information content (AvgIpc) is 3.63. The Labute approximate surface area is 252 Å². The fraction of sp³-hybridized carbons (Fsp3) is 0.542. The summed E-state index contributed by atoms with van der Waals surface area (Å²) in [4.78, 5) is 37.9. The predicted octanol–water partition coefficient (Wildman–Crippen LogP) is 4.55. The van der Waals surface area contributed by atoms with Gasteiger partial charge in [0.15, 0.2) is 0 Å². The van der Waals surface area contributed by atoms with Crippen LogP contribution >= 0.6 is 11.3 Å². The molecule has 0 saturated carbocycles. The molecule has 0 radical (unpaired) electrons. The second-order valence-corrected chi connectivity index (χ2v) is 9.96. The molecule has 1 fully saturated rings. The molecule has 3 N–H and O–H groups in total. The number of aliphatic carboxylic acids is 3. The Hall–Kier alpha value is -3.56. The molecule has 4 rings (SSSR count). The number of carboxylic acid groups (broad SMARTS) is 3. The van der Waals surface area contributed by atoms with Gasteiger partial charge in [-0.2, -0.15) is 39.5 Å². The number of hydrogen-bond acceptors (Lipinski definition) is 9. The highest BCUT2D eigenvalue weighted by molar-refractivity contribution is 7.09. The van der Waals surface area contributed by atoms with Gasteiger partial charge in [0, 0.05) is 50.2 Å². The molecule has 2 aliphatic heterocycles. The third kappa shape index (κ3) is 15.8. The number of aromatic nitrogens is 2. The lowest BCUT2D eigenvalue weighted by Gasteiger charge is -2.31. The monoisotopic (exact) mass is 687 g/mol. The number of halogens is 9. The van der Waals surface area contributed by atoms with Gasteiger partial charge in [-0.05, 0) is 35.4 Å². The Morgan fingerprint density at radius 1 is 0.933 bits per heavy atom. The Morgan fingerprint density at radius 2 is 1.49 bits per heavy atom. The highest BCUT2D eigenvalue weighted by atomic mass is 32.1. The first kappa shape index (κ1) is 39.5. The summed E-state index contributed by atoms with van der Waals surface area (Å²) >= 11 is 1.63. The quantitative estimate of drug-likeness (QED) is 0.366. The molecule has 45 heavy (non-hydrogen) atoms. The van der Waals surface area contributed by atoms with Crippen LogP contribution in [0.1, 0.15) is 28.1 Å². The number of carboxylic acids is 3. The van der Waals surface area contributed by atoms with E-state index in [1.165, 1.54) is 23.1 Å². The molecule has 254 valence electrons. The van der Waals surface area contributed by atoms with Crippen LogP contribution in [0.25, 0.3) is 0 Å². The largest absolute Gasteiger partial charge is 0.490 e. The molecule has 2 aliphatic rings. The van der Waals surface area contributed by atoms with Gasteiger partial charge in [-0.1, -0.05) is 0 Å². The van der Waals surface area contributed by atoms with Gasteiger partial charge >= 0.3 is 36.4 Å². The Balaban J connectivity index is 0.000000396. The molecular weight excluding hydrogens is 661 g/mol. The molecule has 1 unspecified atom stereocenters. The molecular formula is C24H26F9N3O8S. The van der Waals surface area contributed by atoms with Crippen LogP contribution in [-0.4, -0.2) is 92.9 Å². The minimum Gasteiger partial charge on any atom is -0.475 e. The summed E-state index contributed by atoms with van der Waals surface area (Å²) in [5.41, 5.74) is 4.02. The number of ether oxygens (including phenoxy) is 2. The SMILES string of the molecule is O=C(O)C(F)(F)F.O=C(O)C(F)(F)F.O=C(O)C(F)(F)F.c1csc(COCc2cncc3c2CCN(CC2CCOC2)C3)n1. The van der Waals surface area contributed by atoms with Crippen molar-refractivity contribution in [1.29, 1.82) is 0 Å².